The molecule has 41 heavy (non-hydrogen) atoms. The van der Waals surface area contributed by atoms with Gasteiger partial charge < -0.3 is 19.0 Å². The molecule has 0 bridgehead atoms. The van der Waals surface area contributed by atoms with E-state index >= 15 is 0 Å². The molecular formula is C31H28N2O7S. The van der Waals surface area contributed by atoms with Crippen molar-refractivity contribution < 1.29 is 28.6 Å². The zero-order chi connectivity index (χ0) is 29.4. The number of nitrogens with zero attached hydrogens (tertiary/aromatic N) is 2. The van der Waals surface area contributed by atoms with Crippen LogP contribution >= 0.6 is 11.3 Å². The van der Waals surface area contributed by atoms with Crippen LogP contribution in [0.1, 0.15) is 54.1 Å². The zero-order valence-corrected chi connectivity index (χ0v) is 23.9. The highest BCUT2D eigenvalue weighted by molar-refractivity contribution is 7.07. The average Bonchev–Trinajstić information content (AvgIpc) is 3.51. The number of carboxylic acids is 1. The number of fused-ring (bicyclic) bond motifs is 1. The Labute approximate surface area is 239 Å². The van der Waals surface area contributed by atoms with Gasteiger partial charge in [-0.05, 0) is 69.2 Å². The van der Waals surface area contributed by atoms with Gasteiger partial charge in [-0.15, -0.1) is 0 Å². The third-order valence-electron chi connectivity index (χ3n) is 6.75. The number of rotatable bonds is 7. The van der Waals surface area contributed by atoms with Crippen LogP contribution in [0.4, 0.5) is 0 Å². The van der Waals surface area contributed by atoms with Crippen molar-refractivity contribution in [2.45, 2.75) is 39.8 Å². The van der Waals surface area contributed by atoms with Gasteiger partial charge in [-0.3, -0.25) is 9.36 Å². The Hall–Kier alpha value is -4.70. The molecule has 5 rings (SSSR count). The smallest absolute Gasteiger partial charge is 0.338 e. The number of hydrogen-bond donors (Lipinski definition) is 1. The number of esters is 1. The molecule has 1 aliphatic heterocycles. The summed E-state index contributed by atoms with van der Waals surface area (Å²) in [6.07, 6.45) is 1.28. The lowest BCUT2D eigenvalue weighted by atomic mass is 9.96. The van der Waals surface area contributed by atoms with E-state index in [1.54, 1.807) is 77.3 Å². The van der Waals surface area contributed by atoms with Crippen LogP contribution in [-0.4, -0.2) is 34.8 Å². The van der Waals surface area contributed by atoms with Crippen molar-refractivity contribution in [3.05, 3.63) is 108 Å². The summed E-state index contributed by atoms with van der Waals surface area (Å²) >= 11 is 1.19. The van der Waals surface area contributed by atoms with Crippen molar-refractivity contribution in [3.63, 3.8) is 0 Å². The van der Waals surface area contributed by atoms with Crippen LogP contribution in [0.15, 0.2) is 80.1 Å². The molecule has 0 saturated heterocycles. The third kappa shape index (κ3) is 5.26. The molecule has 1 atom stereocenters. The number of furan rings is 1. The molecule has 210 valence electrons. The van der Waals surface area contributed by atoms with E-state index in [0.717, 1.165) is 0 Å². The Morgan fingerprint density at radius 1 is 1.10 bits per heavy atom. The van der Waals surface area contributed by atoms with Crippen LogP contribution in [-0.2, 0) is 9.53 Å². The van der Waals surface area contributed by atoms with Crippen LogP contribution in [0.3, 0.4) is 0 Å². The highest BCUT2D eigenvalue weighted by Crippen LogP contribution is 2.32. The molecule has 2 aromatic heterocycles. The quantitative estimate of drug-likeness (QED) is 0.325. The van der Waals surface area contributed by atoms with Gasteiger partial charge in [0.25, 0.3) is 5.56 Å². The summed E-state index contributed by atoms with van der Waals surface area (Å²) in [6, 6.07) is 14.9. The minimum absolute atomic E-state index is 0.189. The summed E-state index contributed by atoms with van der Waals surface area (Å²) in [5.41, 5.74) is 2.55. The van der Waals surface area contributed by atoms with E-state index in [4.69, 9.17) is 13.9 Å². The van der Waals surface area contributed by atoms with Gasteiger partial charge in [0, 0.05) is 11.6 Å². The van der Waals surface area contributed by atoms with Gasteiger partial charge in [0.2, 0.25) is 0 Å². The van der Waals surface area contributed by atoms with Crippen molar-refractivity contribution in [3.8, 4) is 17.1 Å². The Balaban J connectivity index is 1.62. The van der Waals surface area contributed by atoms with Gasteiger partial charge in [0.1, 0.15) is 17.3 Å². The number of carbonyl (C=O) groups is 2. The number of ether oxygens (including phenoxy) is 2. The predicted molar refractivity (Wildman–Crippen MR) is 154 cm³/mol. The van der Waals surface area contributed by atoms with Gasteiger partial charge >= 0.3 is 11.9 Å². The lowest BCUT2D eigenvalue weighted by Crippen LogP contribution is -2.40. The first-order chi connectivity index (χ1) is 19.6. The molecule has 0 spiro atoms. The fraction of sp³-hybridized carbons (Fsp3) is 0.226. The normalized spacial score (nSPS) is 15.1. The Kier molecular flexibility index (Phi) is 7.51. The summed E-state index contributed by atoms with van der Waals surface area (Å²) in [5.74, 6) is -0.00987. The largest absolute Gasteiger partial charge is 0.497 e. The summed E-state index contributed by atoms with van der Waals surface area (Å²) < 4.78 is 18.7. The van der Waals surface area contributed by atoms with Gasteiger partial charge in [-0.2, -0.15) is 0 Å². The van der Waals surface area contributed by atoms with Crippen molar-refractivity contribution in [2.75, 3.05) is 7.11 Å². The van der Waals surface area contributed by atoms with Crippen molar-refractivity contribution in [1.82, 2.24) is 4.57 Å². The number of aromatic carboxylic acids is 1. The van der Waals surface area contributed by atoms with Crippen molar-refractivity contribution >= 4 is 29.4 Å². The number of carbonyl (C=O) groups excluding carboxylic acids is 1. The molecule has 9 nitrogen and oxygen atoms in total. The molecule has 0 saturated carbocycles. The first kappa shape index (κ1) is 27.9. The number of hydrogen-bond acceptors (Lipinski definition) is 8. The topological polar surface area (TPSA) is 120 Å². The zero-order valence-electron chi connectivity index (χ0n) is 23.1. The van der Waals surface area contributed by atoms with E-state index in [2.05, 4.69) is 4.99 Å². The molecule has 2 aromatic carbocycles. The van der Waals surface area contributed by atoms with E-state index in [1.807, 2.05) is 12.1 Å². The molecule has 3 heterocycles. The molecule has 0 radical (unpaired) electrons. The van der Waals surface area contributed by atoms with Gasteiger partial charge in [0.05, 0.1) is 40.6 Å². The first-order valence-corrected chi connectivity index (χ1v) is 13.7. The number of benzene rings is 2. The molecule has 4 aromatic rings. The van der Waals surface area contributed by atoms with Crippen LogP contribution in [0.25, 0.3) is 17.4 Å². The molecular weight excluding hydrogens is 544 g/mol. The lowest BCUT2D eigenvalue weighted by molar-refractivity contribution is -0.143. The minimum atomic E-state index is -1.02. The van der Waals surface area contributed by atoms with Gasteiger partial charge in [-0.1, -0.05) is 35.6 Å². The third-order valence-corrected chi connectivity index (χ3v) is 7.73. The number of carboxylic acid groups (broad SMARTS) is 1. The molecule has 0 fully saturated rings. The summed E-state index contributed by atoms with van der Waals surface area (Å²) in [4.78, 5) is 43.7. The van der Waals surface area contributed by atoms with Gasteiger partial charge in [-0.25, -0.2) is 14.6 Å². The predicted octanol–water partition coefficient (Wildman–Crippen LogP) is 4.46. The maximum Gasteiger partial charge on any atom is 0.338 e. The van der Waals surface area contributed by atoms with Crippen LogP contribution in [0, 0.1) is 6.92 Å². The second-order valence-electron chi connectivity index (χ2n) is 9.79. The maximum atomic E-state index is 13.8. The van der Waals surface area contributed by atoms with E-state index in [9.17, 15) is 19.5 Å². The van der Waals surface area contributed by atoms with E-state index < -0.39 is 18.0 Å². The molecule has 0 amide bonds. The van der Waals surface area contributed by atoms with E-state index in [-0.39, 0.29) is 22.8 Å². The number of methoxy groups -OCH3 is 1. The molecule has 1 N–H and O–H groups in total. The second kappa shape index (κ2) is 11.1. The maximum absolute atomic E-state index is 13.8. The highest BCUT2D eigenvalue weighted by atomic mass is 32.1. The van der Waals surface area contributed by atoms with Crippen LogP contribution in [0.5, 0.6) is 5.75 Å². The average molecular weight is 573 g/mol. The number of thiazole rings is 1. The number of aromatic nitrogens is 1. The SMILES string of the molecule is COc1ccc([C@H]2C(C(=O)OC(C)C)=C(C)N=c3s/c(=C/c4ccc(-c5cccc(C(=O)O)c5C)o4)c(=O)n32)cc1. The molecule has 0 unspecified atom stereocenters. The Morgan fingerprint density at radius 2 is 1.83 bits per heavy atom. The van der Waals surface area contributed by atoms with E-state index in [1.165, 1.54) is 22.0 Å². The summed E-state index contributed by atoms with van der Waals surface area (Å²) in [6.45, 7) is 6.99. The minimum Gasteiger partial charge on any atom is -0.497 e. The summed E-state index contributed by atoms with van der Waals surface area (Å²) in [5, 5.41) is 9.47. The molecule has 1 aliphatic rings. The lowest BCUT2D eigenvalue weighted by Gasteiger charge is -2.25. The van der Waals surface area contributed by atoms with Gasteiger partial charge in [0.15, 0.2) is 4.80 Å². The van der Waals surface area contributed by atoms with Crippen molar-refractivity contribution in [2.24, 2.45) is 4.99 Å². The van der Waals surface area contributed by atoms with Crippen molar-refractivity contribution in [1.29, 1.82) is 0 Å². The fourth-order valence-corrected chi connectivity index (χ4v) is 5.83. The monoisotopic (exact) mass is 572 g/mol. The summed E-state index contributed by atoms with van der Waals surface area (Å²) in [7, 11) is 1.57. The standard InChI is InChI=1S/C31H28N2O7S/c1-16(2)39-30(37)26-18(4)32-31-33(27(26)19-9-11-20(38-5)12-10-19)28(34)25(41-31)15-21-13-14-24(40-21)22-7-6-8-23(17(22)3)29(35)36/h6-16,27H,1-5H3,(H,35,36)/b25-15+/t27-/m0/s1. The first-order valence-electron chi connectivity index (χ1n) is 12.9. The van der Waals surface area contributed by atoms with Crippen LogP contribution < -0.4 is 19.6 Å². The van der Waals surface area contributed by atoms with E-state index in [0.29, 0.717) is 49.0 Å². The van der Waals surface area contributed by atoms with Crippen LogP contribution in [0.2, 0.25) is 0 Å². The Morgan fingerprint density at radius 3 is 2.49 bits per heavy atom. The highest BCUT2D eigenvalue weighted by Gasteiger charge is 2.33. The fourth-order valence-electron chi connectivity index (χ4n) is 4.80. The molecule has 10 heteroatoms. The number of allylic oxidation sites excluding steroid dienone is 1. The Bertz CT molecular complexity index is 1870. The second-order valence-corrected chi connectivity index (χ2v) is 10.8. The molecule has 0 aliphatic carbocycles.